The number of hydrogen-bond acceptors (Lipinski definition) is 5. The van der Waals surface area contributed by atoms with Crippen LogP contribution in [0.25, 0.3) is 0 Å². The average molecular weight is 411 g/mol. The highest BCUT2D eigenvalue weighted by molar-refractivity contribution is 6.30. The lowest BCUT2D eigenvalue weighted by Crippen LogP contribution is -2.22. The number of benzene rings is 1. The molecule has 2 aromatic heterocycles. The van der Waals surface area contributed by atoms with Gasteiger partial charge in [0.25, 0.3) is 5.56 Å². The van der Waals surface area contributed by atoms with Crippen molar-refractivity contribution >= 4 is 23.3 Å². The first kappa shape index (κ1) is 20.2. The van der Waals surface area contributed by atoms with E-state index in [0.717, 1.165) is 5.56 Å². The third kappa shape index (κ3) is 4.03. The van der Waals surface area contributed by atoms with E-state index in [2.05, 4.69) is 11.4 Å². The summed E-state index contributed by atoms with van der Waals surface area (Å²) in [6, 6.07) is 11.9. The Bertz CT molecular complexity index is 1130. The van der Waals surface area contributed by atoms with Crippen molar-refractivity contribution < 1.29 is 9.53 Å². The molecule has 2 heterocycles. The monoisotopic (exact) mass is 410 g/mol. The van der Waals surface area contributed by atoms with Crippen molar-refractivity contribution in [2.45, 2.75) is 6.04 Å². The molecule has 148 valence electrons. The molecule has 29 heavy (non-hydrogen) atoms. The number of aryl methyl sites for hydroxylation is 2. The highest BCUT2D eigenvalue weighted by atomic mass is 35.5. The topological polar surface area (TPSA) is 89.0 Å². The van der Waals surface area contributed by atoms with E-state index >= 15 is 0 Å². The van der Waals surface area contributed by atoms with Crippen LogP contribution in [0.15, 0.2) is 53.6 Å². The lowest BCUT2D eigenvalue weighted by Gasteiger charge is -2.23. The van der Waals surface area contributed by atoms with Gasteiger partial charge in [-0.3, -0.25) is 4.79 Å². The second kappa shape index (κ2) is 8.25. The molecule has 8 heteroatoms. The van der Waals surface area contributed by atoms with Crippen LogP contribution < -0.4 is 10.9 Å². The van der Waals surface area contributed by atoms with Crippen LogP contribution >= 0.6 is 11.6 Å². The SMILES string of the molecule is COC(=O)c1ccn(C)c1C(Nc1cc(Cl)c(=O)n(C)c1)c1ccc(C#N)cc1. The Balaban J connectivity index is 2.15. The number of ether oxygens (including phenoxy) is 1. The van der Waals surface area contributed by atoms with Gasteiger partial charge in [0.05, 0.1) is 41.7 Å². The molecule has 3 aromatic rings. The average Bonchev–Trinajstić information content (AvgIpc) is 3.10. The molecular formula is C21H19ClN4O3. The number of hydrogen-bond donors (Lipinski definition) is 1. The van der Waals surface area contributed by atoms with Gasteiger partial charge in [0.2, 0.25) is 0 Å². The summed E-state index contributed by atoms with van der Waals surface area (Å²) in [5.74, 6) is -0.459. The first-order valence-electron chi connectivity index (χ1n) is 8.72. The van der Waals surface area contributed by atoms with E-state index in [1.165, 1.54) is 11.7 Å². The van der Waals surface area contributed by atoms with Crippen molar-refractivity contribution in [1.82, 2.24) is 9.13 Å². The van der Waals surface area contributed by atoms with Crippen LogP contribution in [0.2, 0.25) is 5.02 Å². The number of methoxy groups -OCH3 is 1. The van der Waals surface area contributed by atoms with Crippen molar-refractivity contribution in [3.8, 4) is 6.07 Å². The van der Waals surface area contributed by atoms with Gasteiger partial charge in [-0.25, -0.2) is 4.79 Å². The summed E-state index contributed by atoms with van der Waals surface area (Å²) in [4.78, 5) is 24.2. The molecule has 1 N–H and O–H groups in total. The molecule has 1 atom stereocenters. The van der Waals surface area contributed by atoms with Gasteiger partial charge < -0.3 is 19.2 Å². The maximum Gasteiger partial charge on any atom is 0.339 e. The Hall–Kier alpha value is -3.50. The van der Waals surface area contributed by atoms with Crippen molar-refractivity contribution in [1.29, 1.82) is 5.26 Å². The number of carbonyl (C=O) groups is 1. The van der Waals surface area contributed by atoms with Crippen LogP contribution in [0, 0.1) is 11.3 Å². The maximum absolute atomic E-state index is 12.3. The van der Waals surface area contributed by atoms with Gasteiger partial charge in [-0.15, -0.1) is 0 Å². The van der Waals surface area contributed by atoms with Crippen LogP contribution in [0.1, 0.15) is 33.2 Å². The lowest BCUT2D eigenvalue weighted by molar-refractivity contribution is 0.0599. The second-order valence-corrected chi connectivity index (χ2v) is 6.93. The van der Waals surface area contributed by atoms with E-state index in [9.17, 15) is 9.59 Å². The molecule has 0 bridgehead atoms. The minimum absolute atomic E-state index is 0.0798. The van der Waals surface area contributed by atoms with Crippen LogP contribution in [0.4, 0.5) is 5.69 Å². The number of carbonyl (C=O) groups excluding carboxylic acids is 1. The first-order valence-corrected chi connectivity index (χ1v) is 9.09. The Morgan fingerprint density at radius 2 is 1.90 bits per heavy atom. The zero-order chi connectivity index (χ0) is 21.1. The summed E-state index contributed by atoms with van der Waals surface area (Å²) < 4.78 is 8.13. The van der Waals surface area contributed by atoms with E-state index < -0.39 is 12.0 Å². The first-order chi connectivity index (χ1) is 13.8. The fraction of sp³-hybridized carbons (Fsp3) is 0.190. The summed E-state index contributed by atoms with van der Waals surface area (Å²) in [7, 11) is 4.77. The minimum atomic E-state index is -0.467. The summed E-state index contributed by atoms with van der Waals surface area (Å²) >= 11 is 6.06. The zero-order valence-electron chi connectivity index (χ0n) is 16.1. The predicted octanol–water partition coefficient (Wildman–Crippen LogP) is 3.24. The molecule has 0 saturated heterocycles. The standard InChI is InChI=1S/C21H19ClN4O3/c1-25-9-8-16(21(28)29-3)19(25)18(14-6-4-13(11-23)5-7-14)24-15-10-17(22)20(27)26(2)12-15/h4-10,12,18,24H,1-3H3. The summed E-state index contributed by atoms with van der Waals surface area (Å²) in [6.07, 6.45) is 3.40. The van der Waals surface area contributed by atoms with Crippen molar-refractivity contribution in [2.75, 3.05) is 12.4 Å². The fourth-order valence-corrected chi connectivity index (χ4v) is 3.41. The summed E-state index contributed by atoms with van der Waals surface area (Å²) in [5, 5.41) is 12.5. The molecule has 3 rings (SSSR count). The molecule has 0 aliphatic carbocycles. The lowest BCUT2D eigenvalue weighted by atomic mass is 9.99. The van der Waals surface area contributed by atoms with Crippen LogP contribution in [0.5, 0.6) is 0 Å². The van der Waals surface area contributed by atoms with E-state index in [4.69, 9.17) is 21.6 Å². The summed E-state index contributed by atoms with van der Waals surface area (Å²) in [6.45, 7) is 0. The molecule has 0 spiro atoms. The van der Waals surface area contributed by atoms with E-state index in [1.807, 2.05) is 23.7 Å². The third-order valence-electron chi connectivity index (χ3n) is 4.62. The van der Waals surface area contributed by atoms with Crippen molar-refractivity contribution in [3.63, 3.8) is 0 Å². The molecule has 7 nitrogen and oxygen atoms in total. The molecule has 0 fully saturated rings. The van der Waals surface area contributed by atoms with E-state index in [0.29, 0.717) is 22.5 Å². The van der Waals surface area contributed by atoms with Gasteiger partial charge in [-0.05, 0) is 29.8 Å². The largest absolute Gasteiger partial charge is 0.465 e. The number of halogens is 1. The van der Waals surface area contributed by atoms with Gasteiger partial charge >= 0.3 is 5.97 Å². The molecule has 0 aliphatic rings. The van der Waals surface area contributed by atoms with E-state index in [-0.39, 0.29) is 10.6 Å². The third-order valence-corrected chi connectivity index (χ3v) is 4.89. The second-order valence-electron chi connectivity index (χ2n) is 6.52. The highest BCUT2D eigenvalue weighted by Crippen LogP contribution is 2.30. The number of rotatable bonds is 5. The van der Waals surface area contributed by atoms with Gasteiger partial charge in [-0.1, -0.05) is 23.7 Å². The quantitative estimate of drug-likeness (QED) is 0.652. The molecular weight excluding hydrogens is 392 g/mol. The number of nitriles is 1. The van der Waals surface area contributed by atoms with Crippen molar-refractivity contribution in [2.24, 2.45) is 14.1 Å². The molecule has 0 amide bonds. The summed E-state index contributed by atoms with van der Waals surface area (Å²) in [5.41, 5.74) is 2.72. The zero-order valence-corrected chi connectivity index (χ0v) is 16.9. The van der Waals surface area contributed by atoms with Crippen molar-refractivity contribution in [3.05, 3.63) is 86.6 Å². The minimum Gasteiger partial charge on any atom is -0.465 e. The smallest absolute Gasteiger partial charge is 0.339 e. The van der Waals surface area contributed by atoms with Gasteiger partial charge in [0.1, 0.15) is 5.02 Å². The number of aromatic nitrogens is 2. The van der Waals surface area contributed by atoms with Gasteiger partial charge in [0.15, 0.2) is 0 Å². The number of nitrogens with zero attached hydrogens (tertiary/aromatic N) is 3. The van der Waals surface area contributed by atoms with E-state index in [1.54, 1.807) is 43.7 Å². The Morgan fingerprint density at radius 3 is 2.48 bits per heavy atom. The normalized spacial score (nSPS) is 11.6. The van der Waals surface area contributed by atoms with Gasteiger partial charge in [-0.2, -0.15) is 5.26 Å². The number of pyridine rings is 1. The molecule has 0 aliphatic heterocycles. The molecule has 1 unspecified atom stereocenters. The molecule has 0 saturated carbocycles. The molecule has 0 radical (unpaired) electrons. The van der Waals surface area contributed by atoms with Crippen LogP contribution in [-0.4, -0.2) is 22.2 Å². The Morgan fingerprint density at radius 1 is 1.21 bits per heavy atom. The van der Waals surface area contributed by atoms with Crippen LogP contribution in [-0.2, 0) is 18.8 Å². The number of nitrogens with one attached hydrogen (secondary N) is 1. The fourth-order valence-electron chi connectivity index (χ4n) is 3.16. The number of anilines is 1. The Kier molecular flexibility index (Phi) is 5.76. The van der Waals surface area contributed by atoms with Crippen LogP contribution in [0.3, 0.4) is 0 Å². The number of esters is 1. The predicted molar refractivity (Wildman–Crippen MR) is 110 cm³/mol. The van der Waals surface area contributed by atoms with Gasteiger partial charge in [0, 0.05) is 26.5 Å². The molecule has 1 aromatic carbocycles. The Labute approximate surface area is 172 Å². The highest BCUT2D eigenvalue weighted by Gasteiger charge is 2.25. The maximum atomic E-state index is 12.3.